The smallest absolute Gasteiger partial charge is 0.334 e. The zero-order chi connectivity index (χ0) is 27.1. The molecule has 0 bridgehead atoms. The highest BCUT2D eigenvalue weighted by Crippen LogP contribution is 2.50. The predicted octanol–water partition coefficient (Wildman–Crippen LogP) is 4.88. The molecule has 2 aliphatic rings. The number of nitrogens with one attached hydrogen (secondary N) is 1. The minimum absolute atomic E-state index is 0.262. The first-order valence-electron chi connectivity index (χ1n) is 12.4. The molecule has 39 heavy (non-hydrogen) atoms. The van der Waals surface area contributed by atoms with E-state index in [9.17, 15) is 14.4 Å². The van der Waals surface area contributed by atoms with E-state index < -0.39 is 5.91 Å². The lowest BCUT2D eigenvalue weighted by atomic mass is 10.0. The van der Waals surface area contributed by atoms with Crippen molar-refractivity contribution < 1.29 is 19.1 Å². The molecule has 0 unspecified atom stereocenters. The van der Waals surface area contributed by atoms with Crippen LogP contribution < -0.4 is 25.6 Å². The van der Waals surface area contributed by atoms with Gasteiger partial charge in [0, 0.05) is 18.5 Å². The molecule has 0 radical (unpaired) electrons. The largest absolute Gasteiger partial charge is 0.439 e. The standard InChI is InChI=1S/C28H24N6O4S/c1-2-21(35)32-18-6-5-7-19(18)34-24-23-20(13-15-31-27(23)39-25(24)26(29)36)33(28(34)37)16-9-11-17(12-10-16)38-22-8-3-4-14-30-22/h2-4,8-15,18-19H,1,5-7H2,(H2,29,36)(H,32,35)/t18-,19+/m0/s1. The summed E-state index contributed by atoms with van der Waals surface area (Å²) in [5.41, 5.74) is 7.44. The summed E-state index contributed by atoms with van der Waals surface area (Å²) in [6.45, 7) is 3.55. The van der Waals surface area contributed by atoms with Crippen LogP contribution in [-0.4, -0.2) is 39.9 Å². The number of carbonyl (C=O) groups is 3. The molecule has 4 heterocycles. The molecule has 11 heteroatoms. The number of urea groups is 1. The molecule has 4 aromatic rings. The number of hydrogen-bond acceptors (Lipinski definition) is 7. The van der Waals surface area contributed by atoms with Crippen LogP contribution in [0.3, 0.4) is 0 Å². The maximum absolute atomic E-state index is 14.4. The lowest BCUT2D eigenvalue weighted by Crippen LogP contribution is -2.55. The van der Waals surface area contributed by atoms with Crippen LogP contribution in [-0.2, 0) is 4.79 Å². The monoisotopic (exact) mass is 540 g/mol. The molecule has 196 valence electrons. The molecule has 6 rings (SSSR count). The van der Waals surface area contributed by atoms with Crippen molar-refractivity contribution in [2.24, 2.45) is 5.73 Å². The van der Waals surface area contributed by atoms with Gasteiger partial charge in [-0.05, 0) is 61.7 Å². The van der Waals surface area contributed by atoms with Gasteiger partial charge < -0.3 is 15.8 Å². The molecule has 0 saturated heterocycles. The Labute approximate surface area is 227 Å². The Bertz CT molecular complexity index is 1600. The Morgan fingerprint density at radius 1 is 1.10 bits per heavy atom. The van der Waals surface area contributed by atoms with Crippen molar-refractivity contribution in [2.45, 2.75) is 31.3 Å². The van der Waals surface area contributed by atoms with Crippen LogP contribution in [0.25, 0.3) is 10.2 Å². The summed E-state index contributed by atoms with van der Waals surface area (Å²) in [6.07, 6.45) is 6.60. The second-order valence-electron chi connectivity index (χ2n) is 9.22. The summed E-state index contributed by atoms with van der Waals surface area (Å²) in [7, 11) is 0. The van der Waals surface area contributed by atoms with Crippen LogP contribution in [0.15, 0.2) is 73.6 Å². The third-order valence-corrected chi connectivity index (χ3v) is 8.03. The maximum Gasteiger partial charge on any atom is 0.334 e. The fourth-order valence-corrected chi connectivity index (χ4v) is 6.30. The van der Waals surface area contributed by atoms with Crippen molar-refractivity contribution in [2.75, 3.05) is 9.80 Å². The van der Waals surface area contributed by atoms with Crippen LogP contribution in [0.5, 0.6) is 11.6 Å². The lowest BCUT2D eigenvalue weighted by molar-refractivity contribution is -0.117. The Balaban J connectivity index is 1.46. The van der Waals surface area contributed by atoms with Crippen molar-refractivity contribution in [3.8, 4) is 11.6 Å². The number of nitrogens with zero attached hydrogens (tertiary/aromatic N) is 4. The Morgan fingerprint density at radius 3 is 2.64 bits per heavy atom. The van der Waals surface area contributed by atoms with Gasteiger partial charge in [-0.15, -0.1) is 11.3 Å². The van der Waals surface area contributed by atoms with Crippen molar-refractivity contribution >= 4 is 56.5 Å². The topological polar surface area (TPSA) is 131 Å². The SMILES string of the molecule is C=CC(=O)N[C@H]1CCC[C@H]1N1C(=O)N(c2ccc(Oc3ccccn3)cc2)c2ccnc3sc(C(N)=O)c1c23. The number of thiophene rings is 1. The fourth-order valence-electron chi connectivity index (χ4n) is 5.29. The molecule has 4 amide bonds. The first-order valence-corrected chi connectivity index (χ1v) is 13.2. The van der Waals surface area contributed by atoms with Gasteiger partial charge in [-0.25, -0.2) is 14.8 Å². The molecule has 10 nitrogen and oxygen atoms in total. The normalized spacial score (nSPS) is 18.3. The summed E-state index contributed by atoms with van der Waals surface area (Å²) < 4.78 is 5.82. The van der Waals surface area contributed by atoms with Crippen LogP contribution in [0.4, 0.5) is 21.9 Å². The summed E-state index contributed by atoms with van der Waals surface area (Å²) in [4.78, 5) is 51.9. The summed E-state index contributed by atoms with van der Waals surface area (Å²) in [5, 5.41) is 3.63. The number of amides is 4. The lowest BCUT2D eigenvalue weighted by Gasteiger charge is -2.40. The highest BCUT2D eigenvalue weighted by atomic mass is 32.1. The van der Waals surface area contributed by atoms with E-state index in [4.69, 9.17) is 10.5 Å². The summed E-state index contributed by atoms with van der Waals surface area (Å²) in [5.74, 6) is 0.0705. The molecule has 1 aliphatic carbocycles. The van der Waals surface area contributed by atoms with E-state index in [2.05, 4.69) is 21.9 Å². The number of rotatable bonds is 7. The predicted molar refractivity (Wildman–Crippen MR) is 149 cm³/mol. The van der Waals surface area contributed by atoms with E-state index in [0.29, 0.717) is 51.7 Å². The van der Waals surface area contributed by atoms with Gasteiger partial charge in [0.05, 0.1) is 34.5 Å². The first kappa shape index (κ1) is 24.6. The Kier molecular flexibility index (Phi) is 6.20. The second kappa shape index (κ2) is 9.84. The van der Waals surface area contributed by atoms with E-state index in [1.165, 1.54) is 6.08 Å². The van der Waals surface area contributed by atoms with Crippen LogP contribution in [0, 0.1) is 0 Å². The molecule has 1 fully saturated rings. The van der Waals surface area contributed by atoms with Gasteiger partial charge in [0.25, 0.3) is 5.91 Å². The number of pyridine rings is 2. The van der Waals surface area contributed by atoms with Gasteiger partial charge in [0.1, 0.15) is 15.5 Å². The average Bonchev–Trinajstić information content (AvgIpc) is 3.56. The van der Waals surface area contributed by atoms with Crippen LogP contribution >= 0.6 is 11.3 Å². The number of aromatic nitrogens is 2. The van der Waals surface area contributed by atoms with E-state index in [1.54, 1.807) is 64.7 Å². The summed E-state index contributed by atoms with van der Waals surface area (Å²) >= 11 is 1.16. The first-order chi connectivity index (χ1) is 19.0. The number of carbonyl (C=O) groups excluding carboxylic acids is 3. The number of anilines is 3. The Hall–Kier alpha value is -4.77. The zero-order valence-electron chi connectivity index (χ0n) is 20.7. The van der Waals surface area contributed by atoms with E-state index in [0.717, 1.165) is 17.8 Å². The number of benzene rings is 1. The van der Waals surface area contributed by atoms with E-state index >= 15 is 0 Å². The molecule has 2 atom stereocenters. The molecule has 0 spiro atoms. The van der Waals surface area contributed by atoms with Crippen molar-refractivity contribution in [1.29, 1.82) is 0 Å². The highest BCUT2D eigenvalue weighted by Gasteiger charge is 2.45. The Morgan fingerprint density at radius 2 is 1.92 bits per heavy atom. The molecule has 3 N–H and O–H groups in total. The van der Waals surface area contributed by atoms with Gasteiger partial charge in [-0.1, -0.05) is 12.6 Å². The molecule has 1 saturated carbocycles. The molecule has 1 aliphatic heterocycles. The number of primary amides is 1. The van der Waals surface area contributed by atoms with E-state index in [-0.39, 0.29) is 28.9 Å². The zero-order valence-corrected chi connectivity index (χ0v) is 21.6. The minimum Gasteiger partial charge on any atom is -0.439 e. The third-order valence-electron chi connectivity index (χ3n) is 6.93. The van der Waals surface area contributed by atoms with Crippen LogP contribution in [0.1, 0.15) is 28.9 Å². The summed E-state index contributed by atoms with van der Waals surface area (Å²) in [6, 6.07) is 13.2. The fraction of sp³-hybridized carbons (Fsp3) is 0.179. The number of hydrogen-bond donors (Lipinski definition) is 2. The van der Waals surface area contributed by atoms with Crippen molar-refractivity contribution in [3.05, 3.63) is 78.5 Å². The average molecular weight is 541 g/mol. The van der Waals surface area contributed by atoms with Gasteiger partial charge in [-0.2, -0.15) is 0 Å². The van der Waals surface area contributed by atoms with Crippen molar-refractivity contribution in [1.82, 2.24) is 15.3 Å². The highest BCUT2D eigenvalue weighted by molar-refractivity contribution is 7.21. The minimum atomic E-state index is -0.633. The van der Waals surface area contributed by atoms with Crippen LogP contribution in [0.2, 0.25) is 0 Å². The van der Waals surface area contributed by atoms with E-state index in [1.807, 2.05) is 6.07 Å². The van der Waals surface area contributed by atoms with Gasteiger partial charge in [0.2, 0.25) is 11.8 Å². The molecular formula is C28H24N6O4S. The third kappa shape index (κ3) is 4.26. The maximum atomic E-state index is 14.4. The number of ether oxygens (including phenoxy) is 1. The van der Waals surface area contributed by atoms with Gasteiger partial charge in [0.15, 0.2) is 0 Å². The van der Waals surface area contributed by atoms with Gasteiger partial charge in [-0.3, -0.25) is 19.4 Å². The molecular weight excluding hydrogens is 516 g/mol. The number of nitrogens with two attached hydrogens (primary N) is 1. The second-order valence-corrected chi connectivity index (χ2v) is 10.2. The van der Waals surface area contributed by atoms with Crippen molar-refractivity contribution in [3.63, 3.8) is 0 Å². The quantitative estimate of drug-likeness (QED) is 0.321. The molecule has 1 aromatic carbocycles. The molecule has 3 aromatic heterocycles. The van der Waals surface area contributed by atoms with Gasteiger partial charge >= 0.3 is 6.03 Å².